The molecule has 114 valence electrons. The second-order valence-electron chi connectivity index (χ2n) is 5.84. The number of nitrogens with zero attached hydrogens (tertiary/aromatic N) is 2. The van der Waals surface area contributed by atoms with Crippen molar-refractivity contribution < 1.29 is 14.6 Å². The van der Waals surface area contributed by atoms with E-state index in [2.05, 4.69) is 4.90 Å². The summed E-state index contributed by atoms with van der Waals surface area (Å²) in [6.07, 6.45) is 1.15. The molecule has 0 spiro atoms. The van der Waals surface area contributed by atoms with E-state index >= 15 is 0 Å². The Morgan fingerprint density at radius 2 is 2.00 bits per heavy atom. The van der Waals surface area contributed by atoms with Gasteiger partial charge in [-0.1, -0.05) is 12.1 Å². The molecule has 0 radical (unpaired) electrons. The van der Waals surface area contributed by atoms with Gasteiger partial charge in [0.2, 0.25) is 0 Å². The average molecular weight is 290 g/mol. The van der Waals surface area contributed by atoms with Crippen molar-refractivity contribution in [3.05, 3.63) is 29.8 Å². The number of aromatic hydroxyl groups is 1. The molecular weight excluding hydrogens is 268 g/mol. The third kappa shape index (κ3) is 3.36. The topological polar surface area (TPSA) is 53.0 Å². The molecule has 1 aromatic rings. The van der Waals surface area contributed by atoms with Gasteiger partial charge in [0.25, 0.3) is 5.91 Å². The van der Waals surface area contributed by atoms with Crippen molar-refractivity contribution in [1.82, 2.24) is 9.80 Å². The molecule has 0 aromatic heterocycles. The van der Waals surface area contributed by atoms with Crippen molar-refractivity contribution in [2.45, 2.75) is 6.42 Å². The molecule has 1 N–H and O–H groups in total. The molecule has 1 atom stereocenters. The number of hydrogen-bond donors (Lipinski definition) is 1. The molecular formula is C16H22N2O3. The summed E-state index contributed by atoms with van der Waals surface area (Å²) in [4.78, 5) is 16.6. The molecule has 2 aliphatic heterocycles. The van der Waals surface area contributed by atoms with E-state index < -0.39 is 0 Å². The second kappa shape index (κ2) is 6.45. The van der Waals surface area contributed by atoms with Crippen molar-refractivity contribution in [2.24, 2.45) is 5.92 Å². The van der Waals surface area contributed by atoms with E-state index in [-0.39, 0.29) is 11.7 Å². The highest BCUT2D eigenvalue weighted by molar-refractivity contribution is 5.96. The van der Waals surface area contributed by atoms with Gasteiger partial charge in [0.15, 0.2) is 0 Å². The Hall–Kier alpha value is -1.59. The number of piperazine rings is 1. The Labute approximate surface area is 125 Å². The summed E-state index contributed by atoms with van der Waals surface area (Å²) in [6.45, 7) is 6.07. The highest BCUT2D eigenvalue weighted by atomic mass is 16.5. The lowest BCUT2D eigenvalue weighted by Gasteiger charge is -2.35. The predicted octanol–water partition coefficient (Wildman–Crippen LogP) is 1.19. The summed E-state index contributed by atoms with van der Waals surface area (Å²) in [5, 5.41) is 9.78. The number of phenolic OH excluding ortho intramolecular Hbond substituents is 1. The van der Waals surface area contributed by atoms with Crippen molar-refractivity contribution >= 4 is 5.91 Å². The lowest BCUT2D eigenvalue weighted by molar-refractivity contribution is 0.0608. The summed E-state index contributed by atoms with van der Waals surface area (Å²) in [5.41, 5.74) is 0.398. The number of amides is 1. The number of carbonyl (C=O) groups is 1. The van der Waals surface area contributed by atoms with Gasteiger partial charge in [-0.2, -0.15) is 0 Å². The van der Waals surface area contributed by atoms with Crippen LogP contribution in [-0.2, 0) is 4.74 Å². The zero-order valence-electron chi connectivity index (χ0n) is 12.2. The predicted molar refractivity (Wildman–Crippen MR) is 79.4 cm³/mol. The number of carbonyl (C=O) groups excluding carboxylic acids is 1. The smallest absolute Gasteiger partial charge is 0.257 e. The number of phenols is 1. The minimum atomic E-state index is -0.0723. The molecule has 1 unspecified atom stereocenters. The maximum atomic E-state index is 12.4. The fourth-order valence-electron chi connectivity index (χ4n) is 3.05. The number of para-hydroxylation sites is 1. The van der Waals surface area contributed by atoms with Crippen LogP contribution in [0.1, 0.15) is 16.8 Å². The fraction of sp³-hybridized carbons (Fsp3) is 0.562. The monoisotopic (exact) mass is 290 g/mol. The summed E-state index contributed by atoms with van der Waals surface area (Å²) >= 11 is 0. The molecule has 1 aromatic carbocycles. The molecule has 3 rings (SSSR count). The number of benzene rings is 1. The van der Waals surface area contributed by atoms with Crippen LogP contribution in [0.25, 0.3) is 0 Å². The summed E-state index contributed by atoms with van der Waals surface area (Å²) in [7, 11) is 0. The minimum Gasteiger partial charge on any atom is -0.507 e. The standard InChI is InChI=1S/C16H22N2O3/c19-15-4-2-1-3-14(15)16(20)18-8-6-17(7-9-18)11-13-5-10-21-12-13/h1-4,13,19H,5-12H2. The van der Waals surface area contributed by atoms with Crippen LogP contribution >= 0.6 is 0 Å². The summed E-state index contributed by atoms with van der Waals surface area (Å²) < 4.78 is 5.41. The number of hydrogen-bond acceptors (Lipinski definition) is 4. The van der Waals surface area contributed by atoms with Crippen LogP contribution in [0, 0.1) is 5.92 Å². The van der Waals surface area contributed by atoms with E-state index in [1.807, 2.05) is 4.90 Å². The molecule has 0 bridgehead atoms. The van der Waals surface area contributed by atoms with Gasteiger partial charge in [-0.3, -0.25) is 9.69 Å². The van der Waals surface area contributed by atoms with Gasteiger partial charge < -0.3 is 14.7 Å². The molecule has 5 heteroatoms. The largest absolute Gasteiger partial charge is 0.507 e. The third-order valence-corrected chi connectivity index (χ3v) is 4.33. The van der Waals surface area contributed by atoms with Crippen LogP contribution < -0.4 is 0 Å². The molecule has 2 aliphatic rings. The molecule has 2 fully saturated rings. The first kappa shape index (κ1) is 14.4. The summed E-state index contributed by atoms with van der Waals surface area (Å²) in [6, 6.07) is 6.75. The van der Waals surface area contributed by atoms with E-state index in [9.17, 15) is 9.90 Å². The zero-order chi connectivity index (χ0) is 14.7. The van der Waals surface area contributed by atoms with Gasteiger partial charge in [0.05, 0.1) is 12.2 Å². The van der Waals surface area contributed by atoms with E-state index in [4.69, 9.17) is 4.74 Å². The van der Waals surface area contributed by atoms with Gasteiger partial charge in [0.1, 0.15) is 5.75 Å². The molecule has 2 saturated heterocycles. The maximum absolute atomic E-state index is 12.4. The SMILES string of the molecule is O=C(c1ccccc1O)N1CCN(CC2CCOC2)CC1. The van der Waals surface area contributed by atoms with Crippen molar-refractivity contribution in [2.75, 3.05) is 45.9 Å². The molecule has 5 nitrogen and oxygen atoms in total. The third-order valence-electron chi connectivity index (χ3n) is 4.33. The van der Waals surface area contributed by atoms with Gasteiger partial charge in [-0.15, -0.1) is 0 Å². The van der Waals surface area contributed by atoms with E-state index in [1.165, 1.54) is 0 Å². The van der Waals surface area contributed by atoms with Crippen molar-refractivity contribution in [1.29, 1.82) is 0 Å². The molecule has 0 saturated carbocycles. The van der Waals surface area contributed by atoms with Gasteiger partial charge in [0, 0.05) is 39.3 Å². The van der Waals surface area contributed by atoms with Gasteiger partial charge in [-0.05, 0) is 24.5 Å². The van der Waals surface area contributed by atoms with E-state index in [0.717, 1.165) is 52.4 Å². The lowest BCUT2D eigenvalue weighted by Crippen LogP contribution is -2.49. The van der Waals surface area contributed by atoms with Crippen LogP contribution in [0.2, 0.25) is 0 Å². The minimum absolute atomic E-state index is 0.0630. The van der Waals surface area contributed by atoms with Crippen LogP contribution in [-0.4, -0.2) is 66.8 Å². The van der Waals surface area contributed by atoms with Crippen molar-refractivity contribution in [3.8, 4) is 5.75 Å². The van der Waals surface area contributed by atoms with E-state index in [1.54, 1.807) is 24.3 Å². The highest BCUT2D eigenvalue weighted by Gasteiger charge is 2.26. The highest BCUT2D eigenvalue weighted by Crippen LogP contribution is 2.20. The van der Waals surface area contributed by atoms with Gasteiger partial charge in [-0.25, -0.2) is 0 Å². The van der Waals surface area contributed by atoms with E-state index in [0.29, 0.717) is 11.5 Å². The molecule has 2 heterocycles. The molecule has 0 aliphatic carbocycles. The van der Waals surface area contributed by atoms with Crippen LogP contribution in [0.4, 0.5) is 0 Å². The maximum Gasteiger partial charge on any atom is 0.257 e. The zero-order valence-corrected chi connectivity index (χ0v) is 12.2. The lowest BCUT2D eigenvalue weighted by atomic mass is 10.1. The molecule has 1 amide bonds. The quantitative estimate of drug-likeness (QED) is 0.908. The Kier molecular flexibility index (Phi) is 4.41. The average Bonchev–Trinajstić information content (AvgIpc) is 3.01. The van der Waals surface area contributed by atoms with Crippen LogP contribution in [0.5, 0.6) is 5.75 Å². The Morgan fingerprint density at radius 1 is 1.24 bits per heavy atom. The van der Waals surface area contributed by atoms with Gasteiger partial charge >= 0.3 is 0 Å². The second-order valence-corrected chi connectivity index (χ2v) is 5.84. The number of ether oxygens (including phenoxy) is 1. The van der Waals surface area contributed by atoms with Crippen LogP contribution in [0.15, 0.2) is 24.3 Å². The van der Waals surface area contributed by atoms with Crippen molar-refractivity contribution in [3.63, 3.8) is 0 Å². The number of rotatable bonds is 3. The Balaban J connectivity index is 1.53. The Morgan fingerprint density at radius 3 is 2.67 bits per heavy atom. The first-order valence-corrected chi connectivity index (χ1v) is 7.61. The normalized spacial score (nSPS) is 23.4. The first-order chi connectivity index (χ1) is 10.2. The fourth-order valence-corrected chi connectivity index (χ4v) is 3.05. The van der Waals surface area contributed by atoms with Crippen LogP contribution in [0.3, 0.4) is 0 Å². The Bertz CT molecular complexity index is 492. The summed E-state index contributed by atoms with van der Waals surface area (Å²) in [5.74, 6) is 0.635. The molecule has 21 heavy (non-hydrogen) atoms. The first-order valence-electron chi connectivity index (χ1n) is 7.61.